The van der Waals surface area contributed by atoms with Crippen LogP contribution in [0.5, 0.6) is 0 Å². The molecule has 1 aliphatic carbocycles. The van der Waals surface area contributed by atoms with Gasteiger partial charge in [-0.1, -0.05) is 25.6 Å². The molecule has 1 saturated carbocycles. The Morgan fingerprint density at radius 3 is 2.70 bits per heavy atom. The van der Waals surface area contributed by atoms with Gasteiger partial charge in [-0.05, 0) is 45.6 Å². The van der Waals surface area contributed by atoms with Gasteiger partial charge in [0.05, 0.1) is 0 Å². The van der Waals surface area contributed by atoms with Crippen LogP contribution in [0.1, 0.15) is 46.6 Å². The van der Waals surface area contributed by atoms with E-state index in [1.165, 1.54) is 12.8 Å². The molecule has 0 aliphatic heterocycles. The molecule has 0 spiro atoms. The minimum atomic E-state index is -0.111. The molecule has 5 nitrogen and oxygen atoms in total. The van der Waals surface area contributed by atoms with E-state index in [0.29, 0.717) is 17.2 Å². The van der Waals surface area contributed by atoms with Gasteiger partial charge >= 0.3 is 5.69 Å². The van der Waals surface area contributed by atoms with Crippen LogP contribution in [0.15, 0.2) is 9.95 Å². The fourth-order valence-electron chi connectivity index (χ4n) is 3.26. The first-order valence-electron chi connectivity index (χ1n) is 7.44. The highest BCUT2D eigenvalue weighted by Crippen LogP contribution is 2.39. The normalized spacial score (nSPS) is 30.9. The van der Waals surface area contributed by atoms with Crippen LogP contribution in [0.3, 0.4) is 0 Å². The fourth-order valence-corrected chi connectivity index (χ4v) is 4.76. The van der Waals surface area contributed by atoms with Crippen molar-refractivity contribution >= 4 is 11.8 Å². The maximum Gasteiger partial charge on any atom is 0.344 e. The van der Waals surface area contributed by atoms with Crippen molar-refractivity contribution in [2.45, 2.75) is 63.0 Å². The molecule has 4 unspecified atom stereocenters. The van der Waals surface area contributed by atoms with E-state index >= 15 is 0 Å². The first-order chi connectivity index (χ1) is 9.43. The van der Waals surface area contributed by atoms with Gasteiger partial charge in [0.1, 0.15) is 0 Å². The molecule has 20 heavy (non-hydrogen) atoms. The molecule has 4 atom stereocenters. The number of nitrogens with one attached hydrogen (secondary N) is 2. The van der Waals surface area contributed by atoms with Gasteiger partial charge in [0.15, 0.2) is 5.16 Å². The molecule has 0 bridgehead atoms. The number of H-pyrrole nitrogens is 1. The molecule has 2 rings (SSSR count). The van der Waals surface area contributed by atoms with E-state index in [4.69, 9.17) is 0 Å². The van der Waals surface area contributed by atoms with E-state index in [1.54, 1.807) is 16.3 Å². The smallest absolute Gasteiger partial charge is 0.316 e. The van der Waals surface area contributed by atoms with Gasteiger partial charge in [-0.3, -0.25) is 4.57 Å². The Bertz CT molecular complexity index is 496. The summed E-state index contributed by atoms with van der Waals surface area (Å²) in [7, 11) is 2.03. The second kappa shape index (κ2) is 6.35. The quantitative estimate of drug-likeness (QED) is 0.895. The second-order valence-electron chi connectivity index (χ2n) is 6.31. The molecule has 1 aromatic heterocycles. The lowest BCUT2D eigenvalue weighted by Gasteiger charge is -2.38. The number of thioether (sulfide) groups is 1. The van der Waals surface area contributed by atoms with Crippen molar-refractivity contribution in [2.75, 3.05) is 7.05 Å². The summed E-state index contributed by atoms with van der Waals surface area (Å²) >= 11 is 1.74. The topological polar surface area (TPSA) is 62.7 Å². The Morgan fingerprint density at radius 1 is 1.40 bits per heavy atom. The highest BCUT2D eigenvalue weighted by Gasteiger charge is 2.35. The van der Waals surface area contributed by atoms with E-state index in [2.05, 4.69) is 29.4 Å². The summed E-state index contributed by atoms with van der Waals surface area (Å²) < 4.78 is 1.75. The lowest BCUT2D eigenvalue weighted by Crippen LogP contribution is -2.45. The number of hydrogen-bond donors (Lipinski definition) is 2. The molecule has 1 aliphatic rings. The number of nitrogens with zero attached hydrogens (tertiary/aromatic N) is 2. The number of rotatable bonds is 4. The lowest BCUT2D eigenvalue weighted by atomic mass is 9.80. The summed E-state index contributed by atoms with van der Waals surface area (Å²) in [6, 6.07) is 0.612. The maximum atomic E-state index is 11.8. The minimum absolute atomic E-state index is 0.111. The predicted octanol–water partition coefficient (Wildman–Crippen LogP) is 2.27. The van der Waals surface area contributed by atoms with Crippen molar-refractivity contribution in [3.05, 3.63) is 10.5 Å². The zero-order valence-corrected chi connectivity index (χ0v) is 13.8. The molecular formula is C14H26N4OS. The molecular weight excluding hydrogens is 272 g/mol. The van der Waals surface area contributed by atoms with E-state index in [9.17, 15) is 4.79 Å². The van der Waals surface area contributed by atoms with Crippen molar-refractivity contribution < 1.29 is 0 Å². The van der Waals surface area contributed by atoms with Crippen molar-refractivity contribution in [3.8, 4) is 0 Å². The van der Waals surface area contributed by atoms with Gasteiger partial charge in [-0.15, -0.1) is 5.10 Å². The molecule has 1 aromatic rings. The highest BCUT2D eigenvalue weighted by atomic mass is 32.2. The van der Waals surface area contributed by atoms with Crippen LogP contribution in [0.2, 0.25) is 0 Å². The average Bonchev–Trinajstić information content (AvgIpc) is 2.73. The third-order valence-electron chi connectivity index (χ3n) is 4.19. The SMILES string of the molecule is CNC1CC(C)CC(C)C1Sc1n[nH]c(=O)n1C(C)C. The Hall–Kier alpha value is -0.750. The third-order valence-corrected chi connectivity index (χ3v) is 5.75. The van der Waals surface area contributed by atoms with Gasteiger partial charge in [-0.2, -0.15) is 0 Å². The van der Waals surface area contributed by atoms with Gasteiger partial charge in [0.2, 0.25) is 0 Å². The first kappa shape index (κ1) is 15.6. The van der Waals surface area contributed by atoms with Crippen molar-refractivity contribution in [1.29, 1.82) is 0 Å². The van der Waals surface area contributed by atoms with Crippen LogP contribution in [0.25, 0.3) is 0 Å². The van der Waals surface area contributed by atoms with Gasteiger partial charge < -0.3 is 5.32 Å². The Labute approximate surface area is 124 Å². The third kappa shape index (κ3) is 3.11. The molecule has 6 heteroatoms. The van der Waals surface area contributed by atoms with E-state index in [-0.39, 0.29) is 11.7 Å². The molecule has 1 fully saturated rings. The molecule has 0 amide bonds. The Morgan fingerprint density at radius 2 is 2.10 bits per heavy atom. The van der Waals surface area contributed by atoms with E-state index in [1.807, 2.05) is 20.9 Å². The molecule has 2 N–H and O–H groups in total. The standard InChI is InChI=1S/C14H26N4OS/c1-8(2)18-13(19)16-17-14(18)20-12-10(4)6-9(3)7-11(12)15-5/h8-12,15H,6-7H2,1-5H3,(H,16,19). The van der Waals surface area contributed by atoms with Crippen LogP contribution >= 0.6 is 11.8 Å². The summed E-state index contributed by atoms with van der Waals surface area (Å²) in [4.78, 5) is 11.8. The number of aromatic amines is 1. The fraction of sp³-hybridized carbons (Fsp3) is 0.857. The van der Waals surface area contributed by atoms with Crippen molar-refractivity contribution in [3.63, 3.8) is 0 Å². The van der Waals surface area contributed by atoms with Crippen LogP contribution in [0, 0.1) is 11.8 Å². The average molecular weight is 298 g/mol. The lowest BCUT2D eigenvalue weighted by molar-refractivity contribution is 0.256. The number of aromatic nitrogens is 3. The highest BCUT2D eigenvalue weighted by molar-refractivity contribution is 7.99. The molecule has 0 radical (unpaired) electrons. The zero-order chi connectivity index (χ0) is 14.9. The summed E-state index contributed by atoms with van der Waals surface area (Å²) in [5, 5.41) is 11.5. The van der Waals surface area contributed by atoms with Crippen LogP contribution in [0.4, 0.5) is 0 Å². The van der Waals surface area contributed by atoms with Gasteiger partial charge in [-0.25, -0.2) is 9.89 Å². The van der Waals surface area contributed by atoms with Crippen LogP contribution in [-0.2, 0) is 0 Å². The Kier molecular flexibility index (Phi) is 4.96. The van der Waals surface area contributed by atoms with Crippen LogP contribution < -0.4 is 11.0 Å². The predicted molar refractivity (Wildman–Crippen MR) is 83.3 cm³/mol. The summed E-state index contributed by atoms with van der Waals surface area (Å²) in [6.07, 6.45) is 2.43. The molecule has 114 valence electrons. The van der Waals surface area contributed by atoms with Crippen molar-refractivity contribution in [2.24, 2.45) is 11.8 Å². The first-order valence-corrected chi connectivity index (χ1v) is 8.32. The zero-order valence-electron chi connectivity index (χ0n) is 13.0. The summed E-state index contributed by atoms with van der Waals surface area (Å²) in [5.74, 6) is 1.37. The van der Waals surface area contributed by atoms with Gasteiger partial charge in [0, 0.05) is 17.3 Å². The van der Waals surface area contributed by atoms with Crippen molar-refractivity contribution in [1.82, 2.24) is 20.1 Å². The molecule has 1 heterocycles. The molecule has 0 saturated heterocycles. The maximum absolute atomic E-state index is 11.8. The molecule has 0 aromatic carbocycles. The van der Waals surface area contributed by atoms with Crippen LogP contribution in [-0.4, -0.2) is 33.1 Å². The monoisotopic (exact) mass is 298 g/mol. The van der Waals surface area contributed by atoms with E-state index in [0.717, 1.165) is 11.1 Å². The van der Waals surface area contributed by atoms with E-state index < -0.39 is 0 Å². The van der Waals surface area contributed by atoms with Gasteiger partial charge in [0.25, 0.3) is 0 Å². The largest absolute Gasteiger partial charge is 0.344 e. The second-order valence-corrected chi connectivity index (χ2v) is 7.45. The summed E-state index contributed by atoms with van der Waals surface area (Å²) in [6.45, 7) is 8.66. The number of hydrogen-bond acceptors (Lipinski definition) is 4. The minimum Gasteiger partial charge on any atom is -0.316 e. The Balaban J connectivity index is 2.21. The summed E-state index contributed by atoms with van der Waals surface area (Å²) in [5.41, 5.74) is -0.111.